The Balaban J connectivity index is 1.66. The number of hydrogen-bond acceptors (Lipinski definition) is 7. The van der Waals surface area contributed by atoms with Gasteiger partial charge in [0.15, 0.2) is 16.7 Å². The van der Waals surface area contributed by atoms with Gasteiger partial charge in [0.1, 0.15) is 29.3 Å². The number of rotatable bonds is 10. The molecule has 0 fully saturated rings. The quantitative estimate of drug-likeness (QED) is 0.133. The highest BCUT2D eigenvalue weighted by atomic mass is 35.5. The normalized spacial score (nSPS) is 11.8. The lowest BCUT2D eigenvalue weighted by atomic mass is 10.1. The van der Waals surface area contributed by atoms with Gasteiger partial charge >= 0.3 is 0 Å². The van der Waals surface area contributed by atoms with E-state index >= 15 is 0 Å². The predicted molar refractivity (Wildman–Crippen MR) is 135 cm³/mol. The summed E-state index contributed by atoms with van der Waals surface area (Å²) >= 11 is 7.61. The van der Waals surface area contributed by atoms with Crippen LogP contribution in [0.1, 0.15) is 22.2 Å². The van der Waals surface area contributed by atoms with Crippen LogP contribution in [-0.4, -0.2) is 33.3 Å². The van der Waals surface area contributed by atoms with Crippen molar-refractivity contribution in [3.8, 4) is 17.2 Å². The summed E-state index contributed by atoms with van der Waals surface area (Å²) in [6, 6.07) is 15.1. The van der Waals surface area contributed by atoms with E-state index in [1.165, 1.54) is 25.3 Å². The molecule has 0 spiro atoms. The molecule has 0 saturated heterocycles. The van der Waals surface area contributed by atoms with E-state index < -0.39 is 28.4 Å². The van der Waals surface area contributed by atoms with Crippen LogP contribution in [0.25, 0.3) is 5.69 Å². The van der Waals surface area contributed by atoms with Crippen molar-refractivity contribution in [2.24, 2.45) is 0 Å². The Morgan fingerprint density at radius 3 is 2.54 bits per heavy atom. The summed E-state index contributed by atoms with van der Waals surface area (Å²) in [6.45, 7) is 1.19. The molecule has 12 heteroatoms. The molecular weight excluding hydrogens is 526 g/mol. The molecule has 4 aromatic rings. The van der Waals surface area contributed by atoms with Crippen molar-refractivity contribution in [3.05, 3.63) is 104 Å². The van der Waals surface area contributed by atoms with Gasteiger partial charge in [-0.05, 0) is 55.0 Å². The lowest BCUT2D eigenvalue weighted by Gasteiger charge is -2.18. The molecule has 0 saturated carbocycles. The molecule has 37 heavy (non-hydrogen) atoms. The van der Waals surface area contributed by atoms with Gasteiger partial charge in [-0.3, -0.25) is 14.7 Å². The van der Waals surface area contributed by atoms with Crippen molar-refractivity contribution in [3.63, 3.8) is 0 Å². The van der Waals surface area contributed by atoms with E-state index in [4.69, 9.17) is 21.1 Å². The van der Waals surface area contributed by atoms with Crippen LogP contribution in [-0.2, 0) is 6.61 Å². The molecule has 1 aromatic heterocycles. The molecule has 192 valence electrons. The molecule has 8 nitrogen and oxygen atoms in total. The molecule has 0 bridgehead atoms. The second-order valence-electron chi connectivity index (χ2n) is 7.88. The first-order valence-corrected chi connectivity index (χ1v) is 12.2. The van der Waals surface area contributed by atoms with Gasteiger partial charge in [0, 0.05) is 16.2 Å². The Morgan fingerprint density at radius 1 is 1.14 bits per heavy atom. The minimum absolute atomic E-state index is 0.0881. The zero-order chi connectivity index (χ0) is 26.5. The molecule has 0 aliphatic rings. The highest BCUT2D eigenvalue weighted by Gasteiger charge is 2.26. The maximum absolute atomic E-state index is 14.0. The lowest BCUT2D eigenvalue weighted by Crippen LogP contribution is -2.12. The van der Waals surface area contributed by atoms with Crippen LogP contribution >= 0.6 is 23.4 Å². The molecular formula is C25H21ClF2N4O4S. The SMILES string of the molecule is COc1cc([C@@H](C[N+](=O)[O-])Sc2nnc(C)n2-c2ccc(F)cc2)cc(Cl)c1OCc1ccccc1F. The summed E-state index contributed by atoms with van der Waals surface area (Å²) in [7, 11) is 1.41. The van der Waals surface area contributed by atoms with Crippen LogP contribution in [0.4, 0.5) is 8.78 Å². The minimum Gasteiger partial charge on any atom is -0.493 e. The Hall–Kier alpha value is -3.70. The number of aromatic nitrogens is 3. The number of nitro groups is 1. The van der Waals surface area contributed by atoms with Crippen molar-refractivity contribution >= 4 is 23.4 Å². The van der Waals surface area contributed by atoms with Crippen molar-refractivity contribution in [1.29, 1.82) is 0 Å². The summed E-state index contributed by atoms with van der Waals surface area (Å²) in [6.07, 6.45) is 0. The average molecular weight is 547 g/mol. The fourth-order valence-corrected chi connectivity index (χ4v) is 5.04. The van der Waals surface area contributed by atoms with E-state index in [1.807, 2.05) is 0 Å². The highest BCUT2D eigenvalue weighted by Crippen LogP contribution is 2.43. The Labute approximate surface area is 220 Å². The Morgan fingerprint density at radius 2 is 1.86 bits per heavy atom. The third kappa shape index (κ3) is 6.17. The number of aryl methyl sites for hydroxylation is 1. The number of hydrogen-bond donors (Lipinski definition) is 0. The first-order chi connectivity index (χ1) is 17.8. The second kappa shape index (κ2) is 11.6. The van der Waals surface area contributed by atoms with Crippen LogP contribution in [0.5, 0.6) is 11.5 Å². The standard InChI is InChI=1S/C25H21ClF2N4O4S/c1-15-29-30-25(32(15)19-9-7-18(27)8-10-19)37-23(13-31(33)34)17-11-20(26)24(22(12-17)35-2)36-14-16-5-3-4-6-21(16)28/h3-12,23H,13-14H2,1-2H3/t23-/m1/s1. The number of methoxy groups -OCH3 is 1. The maximum atomic E-state index is 14.0. The zero-order valence-electron chi connectivity index (χ0n) is 19.7. The van der Waals surface area contributed by atoms with E-state index in [9.17, 15) is 18.9 Å². The van der Waals surface area contributed by atoms with E-state index in [1.54, 1.807) is 54.0 Å². The third-order valence-corrected chi connectivity index (χ3v) is 6.86. The van der Waals surface area contributed by atoms with Gasteiger partial charge in [-0.1, -0.05) is 41.6 Å². The van der Waals surface area contributed by atoms with Gasteiger partial charge in [0.2, 0.25) is 6.54 Å². The van der Waals surface area contributed by atoms with Gasteiger partial charge < -0.3 is 9.47 Å². The van der Waals surface area contributed by atoms with Crippen molar-refractivity contribution < 1.29 is 23.2 Å². The van der Waals surface area contributed by atoms with E-state index in [0.717, 1.165) is 11.8 Å². The summed E-state index contributed by atoms with van der Waals surface area (Å²) in [5.74, 6) is 0.142. The first-order valence-electron chi connectivity index (χ1n) is 11.0. The third-order valence-electron chi connectivity index (χ3n) is 5.40. The Bertz CT molecular complexity index is 1420. The molecule has 0 aliphatic heterocycles. The largest absolute Gasteiger partial charge is 0.493 e. The van der Waals surface area contributed by atoms with Gasteiger partial charge in [-0.15, -0.1) is 10.2 Å². The lowest BCUT2D eigenvalue weighted by molar-refractivity contribution is -0.479. The highest BCUT2D eigenvalue weighted by molar-refractivity contribution is 7.99. The van der Waals surface area contributed by atoms with Crippen molar-refractivity contribution in [1.82, 2.24) is 14.8 Å². The predicted octanol–water partition coefficient (Wildman–Crippen LogP) is 6.21. The topological polar surface area (TPSA) is 92.3 Å². The van der Waals surface area contributed by atoms with Crippen LogP contribution in [0.2, 0.25) is 5.02 Å². The summed E-state index contributed by atoms with van der Waals surface area (Å²) in [5.41, 5.74) is 1.44. The van der Waals surface area contributed by atoms with Crippen LogP contribution in [0.15, 0.2) is 65.8 Å². The molecule has 0 aliphatic carbocycles. The van der Waals surface area contributed by atoms with Gasteiger partial charge in [-0.2, -0.15) is 0 Å². The summed E-state index contributed by atoms with van der Waals surface area (Å²) < 4.78 is 40.3. The minimum atomic E-state index is -0.732. The molecule has 0 unspecified atom stereocenters. The fourth-order valence-electron chi connectivity index (χ4n) is 3.61. The Kier molecular flexibility index (Phi) is 8.24. The smallest absolute Gasteiger partial charge is 0.220 e. The number of benzene rings is 3. The summed E-state index contributed by atoms with van der Waals surface area (Å²) in [5, 5.41) is 19.6. The molecule has 0 amide bonds. The van der Waals surface area contributed by atoms with E-state index in [0.29, 0.717) is 27.8 Å². The van der Waals surface area contributed by atoms with Crippen LogP contribution < -0.4 is 9.47 Å². The molecule has 0 N–H and O–H groups in total. The van der Waals surface area contributed by atoms with E-state index in [2.05, 4.69) is 10.2 Å². The number of thioether (sulfide) groups is 1. The second-order valence-corrected chi connectivity index (χ2v) is 9.45. The molecule has 1 atom stereocenters. The fraction of sp³-hybridized carbons (Fsp3) is 0.200. The van der Waals surface area contributed by atoms with Crippen LogP contribution in [0, 0.1) is 28.7 Å². The monoisotopic (exact) mass is 546 g/mol. The van der Waals surface area contributed by atoms with Gasteiger partial charge in [-0.25, -0.2) is 8.78 Å². The molecule has 4 rings (SSSR count). The van der Waals surface area contributed by atoms with E-state index in [-0.39, 0.29) is 23.1 Å². The molecule has 3 aromatic carbocycles. The van der Waals surface area contributed by atoms with Gasteiger partial charge in [0.25, 0.3) is 0 Å². The van der Waals surface area contributed by atoms with Gasteiger partial charge in [0.05, 0.1) is 12.1 Å². The summed E-state index contributed by atoms with van der Waals surface area (Å²) in [4.78, 5) is 11.1. The van der Waals surface area contributed by atoms with Crippen molar-refractivity contribution in [2.75, 3.05) is 13.7 Å². The number of nitrogens with zero attached hydrogens (tertiary/aromatic N) is 4. The molecule has 0 radical (unpaired) electrons. The average Bonchev–Trinajstić information content (AvgIpc) is 3.23. The maximum Gasteiger partial charge on any atom is 0.220 e. The first kappa shape index (κ1) is 26.4. The van der Waals surface area contributed by atoms with Crippen LogP contribution in [0.3, 0.4) is 0 Å². The number of halogens is 3. The molecule has 1 heterocycles. The van der Waals surface area contributed by atoms with Crippen molar-refractivity contribution in [2.45, 2.75) is 23.9 Å². The number of ether oxygens (including phenoxy) is 2. The zero-order valence-corrected chi connectivity index (χ0v) is 21.3.